The maximum atomic E-state index is 11.8. The zero-order valence-electron chi connectivity index (χ0n) is 9.53. The summed E-state index contributed by atoms with van der Waals surface area (Å²) >= 11 is 0. The monoisotopic (exact) mass is 220 g/mol. The van der Waals surface area contributed by atoms with Gasteiger partial charge in [-0.25, -0.2) is 4.98 Å². The molecule has 0 spiro atoms. The first-order chi connectivity index (χ1) is 7.69. The fourth-order valence-corrected chi connectivity index (χ4v) is 1.88. The van der Waals surface area contributed by atoms with E-state index in [-0.39, 0.29) is 5.91 Å². The SMILES string of the molecule is CNc1cncc(C(=O)NC2CC(C)C2)n1. The van der Waals surface area contributed by atoms with Crippen LogP contribution >= 0.6 is 0 Å². The van der Waals surface area contributed by atoms with Crippen LogP contribution in [0.1, 0.15) is 30.3 Å². The summed E-state index contributed by atoms with van der Waals surface area (Å²) in [6.07, 6.45) is 5.19. The van der Waals surface area contributed by atoms with E-state index in [0.717, 1.165) is 18.8 Å². The molecule has 0 aromatic carbocycles. The molecule has 1 amide bonds. The van der Waals surface area contributed by atoms with Gasteiger partial charge in [0.25, 0.3) is 5.91 Å². The number of carbonyl (C=O) groups is 1. The molecule has 0 atom stereocenters. The Labute approximate surface area is 94.7 Å². The van der Waals surface area contributed by atoms with Crippen molar-refractivity contribution in [2.75, 3.05) is 12.4 Å². The summed E-state index contributed by atoms with van der Waals surface area (Å²) < 4.78 is 0. The van der Waals surface area contributed by atoms with Gasteiger partial charge in [0.05, 0.1) is 12.4 Å². The highest BCUT2D eigenvalue weighted by Crippen LogP contribution is 2.26. The topological polar surface area (TPSA) is 66.9 Å². The summed E-state index contributed by atoms with van der Waals surface area (Å²) in [4.78, 5) is 19.9. The van der Waals surface area contributed by atoms with Gasteiger partial charge in [0.15, 0.2) is 0 Å². The fraction of sp³-hybridized carbons (Fsp3) is 0.545. The number of amides is 1. The van der Waals surface area contributed by atoms with Crippen molar-refractivity contribution in [2.45, 2.75) is 25.8 Å². The Balaban J connectivity index is 1.97. The van der Waals surface area contributed by atoms with Crippen molar-refractivity contribution < 1.29 is 4.79 Å². The molecule has 5 heteroatoms. The molecule has 86 valence electrons. The standard InChI is InChI=1S/C11H16N4O/c1-7-3-8(4-7)14-11(16)9-5-13-6-10(12-2)15-9/h5-8H,3-4H2,1-2H3,(H,12,15)(H,14,16). The predicted molar refractivity (Wildman–Crippen MR) is 61.2 cm³/mol. The van der Waals surface area contributed by atoms with Crippen molar-refractivity contribution in [3.05, 3.63) is 18.1 Å². The number of carbonyl (C=O) groups excluding carboxylic acids is 1. The molecule has 0 bridgehead atoms. The van der Waals surface area contributed by atoms with Crippen molar-refractivity contribution >= 4 is 11.7 Å². The molecule has 1 aromatic heterocycles. The lowest BCUT2D eigenvalue weighted by molar-refractivity contribution is 0.0890. The van der Waals surface area contributed by atoms with E-state index in [1.54, 1.807) is 13.2 Å². The third kappa shape index (κ3) is 2.29. The molecule has 0 unspecified atom stereocenters. The molecule has 16 heavy (non-hydrogen) atoms. The second-order valence-electron chi connectivity index (χ2n) is 4.29. The van der Waals surface area contributed by atoms with Crippen LogP contribution in [0.4, 0.5) is 5.82 Å². The van der Waals surface area contributed by atoms with Gasteiger partial charge in [-0.2, -0.15) is 0 Å². The Hall–Kier alpha value is -1.65. The highest BCUT2D eigenvalue weighted by molar-refractivity contribution is 5.92. The molecule has 2 N–H and O–H groups in total. The maximum absolute atomic E-state index is 11.8. The minimum atomic E-state index is -0.137. The van der Waals surface area contributed by atoms with E-state index in [1.807, 2.05) is 0 Å². The molecule has 1 aromatic rings. The second-order valence-corrected chi connectivity index (χ2v) is 4.29. The molecule has 1 fully saturated rings. The van der Waals surface area contributed by atoms with Gasteiger partial charge in [-0.05, 0) is 18.8 Å². The van der Waals surface area contributed by atoms with Crippen LogP contribution in [0.15, 0.2) is 12.4 Å². The normalized spacial score (nSPS) is 23.4. The minimum absolute atomic E-state index is 0.137. The van der Waals surface area contributed by atoms with Gasteiger partial charge < -0.3 is 10.6 Å². The lowest BCUT2D eigenvalue weighted by Gasteiger charge is -2.33. The molecule has 0 aliphatic heterocycles. The van der Waals surface area contributed by atoms with Crippen LogP contribution in [0.2, 0.25) is 0 Å². The third-order valence-corrected chi connectivity index (χ3v) is 2.83. The van der Waals surface area contributed by atoms with Crippen molar-refractivity contribution in [3.63, 3.8) is 0 Å². The number of anilines is 1. The summed E-state index contributed by atoms with van der Waals surface area (Å²) in [6, 6.07) is 0.308. The molecule has 1 saturated carbocycles. The largest absolute Gasteiger partial charge is 0.372 e. The Morgan fingerprint density at radius 2 is 2.19 bits per heavy atom. The van der Waals surface area contributed by atoms with Crippen LogP contribution in [0.3, 0.4) is 0 Å². The van der Waals surface area contributed by atoms with E-state index in [2.05, 4.69) is 27.5 Å². The lowest BCUT2D eigenvalue weighted by atomic mass is 9.82. The zero-order chi connectivity index (χ0) is 11.5. The number of nitrogens with one attached hydrogen (secondary N) is 2. The number of hydrogen-bond donors (Lipinski definition) is 2. The van der Waals surface area contributed by atoms with Crippen molar-refractivity contribution in [1.29, 1.82) is 0 Å². The fourth-order valence-electron chi connectivity index (χ4n) is 1.88. The summed E-state index contributed by atoms with van der Waals surface area (Å²) in [6.45, 7) is 2.18. The van der Waals surface area contributed by atoms with E-state index in [1.165, 1.54) is 6.20 Å². The number of hydrogen-bond acceptors (Lipinski definition) is 4. The van der Waals surface area contributed by atoms with Crippen molar-refractivity contribution in [2.24, 2.45) is 5.92 Å². The van der Waals surface area contributed by atoms with Crippen LogP contribution in [0.25, 0.3) is 0 Å². The van der Waals surface area contributed by atoms with E-state index in [0.29, 0.717) is 17.6 Å². The minimum Gasteiger partial charge on any atom is -0.372 e. The van der Waals surface area contributed by atoms with E-state index < -0.39 is 0 Å². The van der Waals surface area contributed by atoms with E-state index in [9.17, 15) is 4.79 Å². The van der Waals surface area contributed by atoms with Gasteiger partial charge in [0, 0.05) is 13.1 Å². The zero-order valence-corrected chi connectivity index (χ0v) is 9.53. The first-order valence-electron chi connectivity index (χ1n) is 5.49. The van der Waals surface area contributed by atoms with E-state index in [4.69, 9.17) is 0 Å². The van der Waals surface area contributed by atoms with Gasteiger partial charge in [0.1, 0.15) is 11.5 Å². The number of rotatable bonds is 3. The quantitative estimate of drug-likeness (QED) is 0.799. The molecule has 0 saturated heterocycles. The Morgan fingerprint density at radius 1 is 1.44 bits per heavy atom. The number of aromatic nitrogens is 2. The van der Waals surface area contributed by atoms with Crippen molar-refractivity contribution in [3.8, 4) is 0 Å². The summed E-state index contributed by atoms with van der Waals surface area (Å²) in [5.74, 6) is 1.19. The van der Waals surface area contributed by atoms with Crippen LogP contribution in [-0.4, -0.2) is 29.0 Å². The van der Waals surface area contributed by atoms with E-state index >= 15 is 0 Å². The summed E-state index contributed by atoms with van der Waals surface area (Å²) in [5.41, 5.74) is 0.367. The molecule has 1 aliphatic rings. The second kappa shape index (κ2) is 4.47. The van der Waals surface area contributed by atoms with Crippen LogP contribution in [0.5, 0.6) is 0 Å². The maximum Gasteiger partial charge on any atom is 0.271 e. The lowest BCUT2D eigenvalue weighted by Crippen LogP contribution is -2.43. The summed E-state index contributed by atoms with van der Waals surface area (Å²) in [7, 11) is 1.75. The van der Waals surface area contributed by atoms with Crippen molar-refractivity contribution in [1.82, 2.24) is 15.3 Å². The average Bonchev–Trinajstić information content (AvgIpc) is 2.27. The molecule has 1 heterocycles. The van der Waals surface area contributed by atoms with Crippen LogP contribution in [0, 0.1) is 5.92 Å². The van der Waals surface area contributed by atoms with Crippen LogP contribution < -0.4 is 10.6 Å². The Morgan fingerprint density at radius 3 is 2.81 bits per heavy atom. The Kier molecular flexibility index (Phi) is 3.03. The average molecular weight is 220 g/mol. The number of nitrogens with zero attached hydrogens (tertiary/aromatic N) is 2. The molecule has 0 radical (unpaired) electrons. The van der Waals surface area contributed by atoms with Crippen LogP contribution in [-0.2, 0) is 0 Å². The van der Waals surface area contributed by atoms with Gasteiger partial charge in [-0.1, -0.05) is 6.92 Å². The molecule has 5 nitrogen and oxygen atoms in total. The smallest absolute Gasteiger partial charge is 0.271 e. The van der Waals surface area contributed by atoms with Gasteiger partial charge >= 0.3 is 0 Å². The van der Waals surface area contributed by atoms with Gasteiger partial charge in [-0.15, -0.1) is 0 Å². The molecule has 2 rings (SSSR count). The molecular formula is C11H16N4O. The third-order valence-electron chi connectivity index (χ3n) is 2.83. The van der Waals surface area contributed by atoms with Gasteiger partial charge in [0.2, 0.25) is 0 Å². The molecular weight excluding hydrogens is 204 g/mol. The first-order valence-corrected chi connectivity index (χ1v) is 5.49. The summed E-state index contributed by atoms with van der Waals surface area (Å²) in [5, 5.41) is 5.80. The Bertz CT molecular complexity index is 387. The molecule has 1 aliphatic carbocycles. The highest BCUT2D eigenvalue weighted by Gasteiger charge is 2.27. The first kappa shape index (κ1) is 10.9. The highest BCUT2D eigenvalue weighted by atomic mass is 16.2. The predicted octanol–water partition coefficient (Wildman–Crippen LogP) is 1.05. The van der Waals surface area contributed by atoms with Gasteiger partial charge in [-0.3, -0.25) is 9.78 Å².